The Hall–Kier alpha value is -1.43. The first-order valence-electron chi connectivity index (χ1n) is 10.0. The largest absolute Gasteiger partial charge is 0.370 e. The number of aromatic nitrogens is 3. The third-order valence-electron chi connectivity index (χ3n) is 6.26. The van der Waals surface area contributed by atoms with Gasteiger partial charge in [-0.3, -0.25) is 9.36 Å². The molecule has 1 atom stereocenters. The van der Waals surface area contributed by atoms with Gasteiger partial charge in [0.15, 0.2) is 5.82 Å². The van der Waals surface area contributed by atoms with Crippen LogP contribution in [-0.2, 0) is 21.7 Å². The fourth-order valence-electron chi connectivity index (χ4n) is 4.75. The van der Waals surface area contributed by atoms with Crippen LogP contribution in [0.4, 0.5) is 0 Å². The number of fused-ring (bicyclic) bond motifs is 1. The van der Waals surface area contributed by atoms with Crippen molar-refractivity contribution in [3.8, 4) is 0 Å². The highest BCUT2D eigenvalue weighted by Crippen LogP contribution is 2.37. The second-order valence-electron chi connectivity index (χ2n) is 8.22. The maximum Gasteiger partial charge on any atom is 0.248 e. The molecule has 0 unspecified atom stereocenters. The molecule has 2 heterocycles. The Kier molecular flexibility index (Phi) is 4.80. The van der Waals surface area contributed by atoms with Crippen molar-refractivity contribution in [1.29, 1.82) is 0 Å². The van der Waals surface area contributed by atoms with Crippen LogP contribution >= 0.6 is 0 Å². The zero-order valence-corrected chi connectivity index (χ0v) is 15.3. The molecule has 2 saturated carbocycles. The van der Waals surface area contributed by atoms with Crippen LogP contribution < -0.4 is 5.32 Å². The van der Waals surface area contributed by atoms with E-state index in [9.17, 15) is 4.79 Å². The maximum absolute atomic E-state index is 13.3. The van der Waals surface area contributed by atoms with E-state index in [1.165, 1.54) is 38.5 Å². The average molecular weight is 346 g/mol. The molecule has 25 heavy (non-hydrogen) atoms. The molecule has 1 N–H and O–H groups in total. The SMILES string of the molecule is C[C@@]1(C(=O)NC2CCCCCC2)COCc2nnc(C3CCCC3)n21. The molecule has 0 spiro atoms. The van der Waals surface area contributed by atoms with Crippen molar-refractivity contribution < 1.29 is 9.53 Å². The molecule has 138 valence electrons. The second-order valence-corrected chi connectivity index (χ2v) is 8.22. The molecule has 4 rings (SSSR count). The summed E-state index contributed by atoms with van der Waals surface area (Å²) in [4.78, 5) is 13.3. The van der Waals surface area contributed by atoms with E-state index in [0.29, 0.717) is 25.2 Å². The zero-order valence-electron chi connectivity index (χ0n) is 15.3. The summed E-state index contributed by atoms with van der Waals surface area (Å²) in [5.41, 5.74) is -0.735. The number of nitrogens with one attached hydrogen (secondary N) is 1. The number of ether oxygens (including phenoxy) is 1. The van der Waals surface area contributed by atoms with E-state index >= 15 is 0 Å². The van der Waals surface area contributed by atoms with E-state index in [-0.39, 0.29) is 5.91 Å². The summed E-state index contributed by atoms with van der Waals surface area (Å²) in [5.74, 6) is 2.30. The van der Waals surface area contributed by atoms with Crippen LogP contribution in [0, 0.1) is 0 Å². The van der Waals surface area contributed by atoms with Gasteiger partial charge in [-0.25, -0.2) is 0 Å². The fraction of sp³-hybridized carbons (Fsp3) is 0.842. The number of nitrogens with zero attached hydrogens (tertiary/aromatic N) is 3. The van der Waals surface area contributed by atoms with Crippen LogP contribution in [0.3, 0.4) is 0 Å². The van der Waals surface area contributed by atoms with Crippen LogP contribution in [0.5, 0.6) is 0 Å². The lowest BCUT2D eigenvalue weighted by atomic mass is 9.96. The normalized spacial score (nSPS) is 28.5. The number of rotatable bonds is 3. The van der Waals surface area contributed by atoms with Crippen molar-refractivity contribution in [2.45, 2.75) is 95.2 Å². The summed E-state index contributed by atoms with van der Waals surface area (Å²) in [7, 11) is 0. The molecule has 3 aliphatic rings. The molecule has 0 radical (unpaired) electrons. The van der Waals surface area contributed by atoms with E-state index < -0.39 is 5.54 Å². The lowest BCUT2D eigenvalue weighted by Crippen LogP contribution is -2.55. The van der Waals surface area contributed by atoms with Gasteiger partial charge < -0.3 is 10.1 Å². The highest BCUT2D eigenvalue weighted by molar-refractivity contribution is 5.85. The Labute approximate surface area is 149 Å². The number of hydrogen-bond donors (Lipinski definition) is 1. The third-order valence-corrected chi connectivity index (χ3v) is 6.26. The van der Waals surface area contributed by atoms with Gasteiger partial charge in [0.25, 0.3) is 0 Å². The molecular weight excluding hydrogens is 316 g/mol. The summed E-state index contributed by atoms with van der Waals surface area (Å²) in [6, 6.07) is 0.295. The molecule has 6 nitrogen and oxygen atoms in total. The molecule has 0 aromatic carbocycles. The molecule has 6 heteroatoms. The Bertz CT molecular complexity index is 615. The van der Waals surface area contributed by atoms with Crippen molar-refractivity contribution in [3.63, 3.8) is 0 Å². The van der Waals surface area contributed by atoms with Crippen LogP contribution in [-0.4, -0.2) is 33.3 Å². The summed E-state index contributed by atoms with van der Waals surface area (Å²) in [6.07, 6.45) is 12.0. The second kappa shape index (κ2) is 7.06. The smallest absolute Gasteiger partial charge is 0.248 e. The molecule has 0 saturated heterocycles. The minimum absolute atomic E-state index is 0.0689. The van der Waals surface area contributed by atoms with E-state index in [1.54, 1.807) is 0 Å². The maximum atomic E-state index is 13.3. The van der Waals surface area contributed by atoms with Crippen LogP contribution in [0.2, 0.25) is 0 Å². The zero-order chi connectivity index (χ0) is 17.3. The van der Waals surface area contributed by atoms with Crippen LogP contribution in [0.25, 0.3) is 0 Å². The van der Waals surface area contributed by atoms with Gasteiger partial charge in [0, 0.05) is 12.0 Å². The van der Waals surface area contributed by atoms with Crippen molar-refractivity contribution >= 4 is 5.91 Å². The Morgan fingerprint density at radius 2 is 1.76 bits per heavy atom. The van der Waals surface area contributed by atoms with Crippen LogP contribution in [0.15, 0.2) is 0 Å². The van der Waals surface area contributed by atoms with E-state index in [2.05, 4.69) is 20.1 Å². The van der Waals surface area contributed by atoms with Gasteiger partial charge in [-0.05, 0) is 32.6 Å². The highest BCUT2D eigenvalue weighted by atomic mass is 16.5. The van der Waals surface area contributed by atoms with Crippen LogP contribution in [0.1, 0.15) is 88.7 Å². The van der Waals surface area contributed by atoms with Gasteiger partial charge in [-0.2, -0.15) is 0 Å². The first-order valence-corrected chi connectivity index (χ1v) is 10.0. The van der Waals surface area contributed by atoms with Crippen molar-refractivity contribution in [2.24, 2.45) is 0 Å². The topological polar surface area (TPSA) is 69.0 Å². The predicted octanol–water partition coefficient (Wildman–Crippen LogP) is 3.02. The molecular formula is C19H30N4O2. The molecule has 1 amide bonds. The molecule has 1 aromatic heterocycles. The summed E-state index contributed by atoms with van der Waals surface area (Å²) >= 11 is 0. The number of hydrogen-bond acceptors (Lipinski definition) is 4. The molecule has 2 fully saturated rings. The van der Waals surface area contributed by atoms with Gasteiger partial charge in [0.05, 0.1) is 6.61 Å². The standard InChI is InChI=1S/C19H30N4O2/c1-19(18(24)20-15-10-4-2-3-5-11-15)13-25-12-16-21-22-17(23(16)19)14-8-6-7-9-14/h14-15H,2-13H2,1H3,(H,20,24)/t19-/m0/s1. The average Bonchev–Trinajstić information content (AvgIpc) is 3.21. The van der Waals surface area contributed by atoms with Gasteiger partial charge in [-0.15, -0.1) is 10.2 Å². The molecule has 2 aliphatic carbocycles. The van der Waals surface area contributed by atoms with Crippen molar-refractivity contribution in [2.75, 3.05) is 6.61 Å². The quantitative estimate of drug-likeness (QED) is 0.854. The Balaban J connectivity index is 1.59. The van der Waals surface area contributed by atoms with Gasteiger partial charge in [0.2, 0.25) is 5.91 Å². The lowest BCUT2D eigenvalue weighted by Gasteiger charge is -2.37. The predicted molar refractivity (Wildman–Crippen MR) is 94.2 cm³/mol. The first-order chi connectivity index (χ1) is 12.2. The lowest BCUT2D eigenvalue weighted by molar-refractivity contribution is -0.136. The monoisotopic (exact) mass is 346 g/mol. The minimum Gasteiger partial charge on any atom is -0.370 e. The Morgan fingerprint density at radius 3 is 2.48 bits per heavy atom. The number of carbonyl (C=O) groups is 1. The summed E-state index contributed by atoms with van der Waals surface area (Å²) < 4.78 is 7.85. The number of carbonyl (C=O) groups excluding carboxylic acids is 1. The highest BCUT2D eigenvalue weighted by Gasteiger charge is 2.44. The first kappa shape index (κ1) is 17.0. The van der Waals surface area contributed by atoms with E-state index in [0.717, 1.165) is 37.3 Å². The Morgan fingerprint density at radius 1 is 1.08 bits per heavy atom. The molecule has 1 aromatic rings. The van der Waals surface area contributed by atoms with Gasteiger partial charge in [-0.1, -0.05) is 38.5 Å². The number of amides is 1. The van der Waals surface area contributed by atoms with Crippen molar-refractivity contribution in [3.05, 3.63) is 11.6 Å². The van der Waals surface area contributed by atoms with Gasteiger partial charge in [0.1, 0.15) is 18.0 Å². The van der Waals surface area contributed by atoms with E-state index in [4.69, 9.17) is 4.74 Å². The molecule has 0 bridgehead atoms. The fourth-order valence-corrected chi connectivity index (χ4v) is 4.75. The summed E-state index contributed by atoms with van der Waals surface area (Å²) in [6.45, 7) is 2.84. The van der Waals surface area contributed by atoms with E-state index in [1.807, 2.05) is 6.92 Å². The molecule has 1 aliphatic heterocycles. The van der Waals surface area contributed by atoms with Crippen molar-refractivity contribution in [1.82, 2.24) is 20.1 Å². The minimum atomic E-state index is -0.735. The third kappa shape index (κ3) is 3.21. The summed E-state index contributed by atoms with van der Waals surface area (Å²) in [5, 5.41) is 12.1. The van der Waals surface area contributed by atoms with Gasteiger partial charge >= 0.3 is 0 Å².